The van der Waals surface area contributed by atoms with Crippen LogP contribution in [0.25, 0.3) is 0 Å². The van der Waals surface area contributed by atoms with Gasteiger partial charge in [-0.25, -0.2) is 0 Å². The summed E-state index contributed by atoms with van der Waals surface area (Å²) in [5.74, 6) is 0.893. The molecule has 0 aromatic heterocycles. The number of rotatable bonds is 3. The van der Waals surface area contributed by atoms with Crippen LogP contribution in [0, 0.1) is 11.3 Å². The molecule has 100 valence electrons. The summed E-state index contributed by atoms with van der Waals surface area (Å²) in [6.07, 6.45) is 4.98. The Morgan fingerprint density at radius 1 is 1.29 bits per heavy atom. The predicted molar refractivity (Wildman–Crippen MR) is 71.0 cm³/mol. The maximum Gasteiger partial charge on any atom is 0.0472 e. The van der Waals surface area contributed by atoms with E-state index in [0.717, 1.165) is 44.6 Å². The molecule has 0 amide bonds. The Balaban J connectivity index is 1.93. The molecule has 3 heteroatoms. The molecule has 2 aliphatic rings. The van der Waals surface area contributed by atoms with E-state index in [9.17, 15) is 0 Å². The van der Waals surface area contributed by atoms with E-state index >= 15 is 0 Å². The van der Waals surface area contributed by atoms with Gasteiger partial charge in [0.2, 0.25) is 0 Å². The van der Waals surface area contributed by atoms with Crippen molar-refractivity contribution in [3.8, 4) is 0 Å². The first-order valence-corrected chi connectivity index (χ1v) is 7.17. The van der Waals surface area contributed by atoms with Crippen LogP contribution in [0.5, 0.6) is 0 Å². The fourth-order valence-electron chi connectivity index (χ4n) is 3.35. The normalized spacial score (nSPS) is 34.8. The topological polar surface area (TPSA) is 38.5 Å². The first-order valence-electron chi connectivity index (χ1n) is 7.17. The summed E-state index contributed by atoms with van der Waals surface area (Å²) in [5, 5.41) is 0. The van der Waals surface area contributed by atoms with Crippen LogP contribution in [0.4, 0.5) is 0 Å². The zero-order valence-corrected chi connectivity index (χ0v) is 11.5. The molecular formula is C14H28N2O. The first kappa shape index (κ1) is 13.3. The molecule has 2 unspecified atom stereocenters. The summed E-state index contributed by atoms with van der Waals surface area (Å²) < 4.78 is 5.49. The molecule has 17 heavy (non-hydrogen) atoms. The van der Waals surface area contributed by atoms with E-state index in [4.69, 9.17) is 10.5 Å². The van der Waals surface area contributed by atoms with Gasteiger partial charge in [0.25, 0.3) is 0 Å². The summed E-state index contributed by atoms with van der Waals surface area (Å²) >= 11 is 0. The quantitative estimate of drug-likeness (QED) is 0.818. The lowest BCUT2D eigenvalue weighted by Gasteiger charge is -2.45. The molecule has 3 nitrogen and oxygen atoms in total. The van der Waals surface area contributed by atoms with Gasteiger partial charge in [-0.2, -0.15) is 0 Å². The number of likely N-dealkylation sites (tertiary alicyclic amines) is 1. The highest BCUT2D eigenvalue weighted by atomic mass is 16.5. The van der Waals surface area contributed by atoms with Crippen molar-refractivity contribution in [3.05, 3.63) is 0 Å². The summed E-state index contributed by atoms with van der Waals surface area (Å²) in [7, 11) is 0. The lowest BCUT2D eigenvalue weighted by molar-refractivity contribution is -0.0150. The molecule has 0 aliphatic carbocycles. The maximum atomic E-state index is 6.05. The number of piperidine rings is 1. The Morgan fingerprint density at radius 3 is 2.59 bits per heavy atom. The molecule has 0 aromatic rings. The van der Waals surface area contributed by atoms with Gasteiger partial charge in [0.1, 0.15) is 0 Å². The lowest BCUT2D eigenvalue weighted by atomic mass is 9.78. The minimum atomic E-state index is 0.326. The van der Waals surface area contributed by atoms with Crippen molar-refractivity contribution in [1.29, 1.82) is 0 Å². The molecule has 2 saturated heterocycles. The third kappa shape index (κ3) is 3.21. The Labute approximate surface area is 106 Å². The largest absolute Gasteiger partial charge is 0.381 e. The zero-order valence-electron chi connectivity index (χ0n) is 11.5. The van der Waals surface area contributed by atoms with Crippen LogP contribution in [-0.4, -0.2) is 43.8 Å². The van der Waals surface area contributed by atoms with E-state index in [-0.39, 0.29) is 0 Å². The highest BCUT2D eigenvalue weighted by molar-refractivity contribution is 4.89. The van der Waals surface area contributed by atoms with Gasteiger partial charge in [-0.05, 0) is 57.0 Å². The van der Waals surface area contributed by atoms with Crippen LogP contribution in [-0.2, 0) is 4.74 Å². The van der Waals surface area contributed by atoms with Crippen molar-refractivity contribution in [2.75, 3.05) is 32.8 Å². The number of hydrogen-bond donors (Lipinski definition) is 1. The van der Waals surface area contributed by atoms with E-state index in [2.05, 4.69) is 18.7 Å². The van der Waals surface area contributed by atoms with Crippen molar-refractivity contribution < 1.29 is 4.74 Å². The zero-order chi connectivity index (χ0) is 12.3. The second-order valence-electron chi connectivity index (χ2n) is 6.27. The average Bonchev–Trinajstić information content (AvgIpc) is 2.34. The van der Waals surface area contributed by atoms with Gasteiger partial charge in [0.15, 0.2) is 0 Å². The molecular weight excluding hydrogens is 212 g/mol. The standard InChI is InChI=1S/C14H28N2O/c1-12-3-6-16(13(2)9-12)11-14(10-15)4-7-17-8-5-14/h12-13H,3-11,15H2,1-2H3. The van der Waals surface area contributed by atoms with Crippen molar-refractivity contribution in [2.24, 2.45) is 17.1 Å². The fraction of sp³-hybridized carbons (Fsp3) is 1.00. The Kier molecular flexibility index (Phi) is 4.45. The van der Waals surface area contributed by atoms with E-state index in [1.807, 2.05) is 0 Å². The molecule has 2 atom stereocenters. The third-order valence-corrected chi connectivity index (χ3v) is 4.80. The predicted octanol–water partition coefficient (Wildman–Crippen LogP) is 1.86. The molecule has 2 N–H and O–H groups in total. The second-order valence-corrected chi connectivity index (χ2v) is 6.27. The molecule has 0 radical (unpaired) electrons. The van der Waals surface area contributed by atoms with E-state index < -0.39 is 0 Å². The van der Waals surface area contributed by atoms with Gasteiger partial charge in [0.05, 0.1) is 0 Å². The lowest BCUT2D eigenvalue weighted by Crippen LogP contribution is -2.50. The smallest absolute Gasteiger partial charge is 0.0472 e. The number of ether oxygens (including phenoxy) is 1. The Bertz CT molecular complexity index is 238. The first-order chi connectivity index (χ1) is 8.15. The third-order valence-electron chi connectivity index (χ3n) is 4.80. The fourth-order valence-corrected chi connectivity index (χ4v) is 3.35. The van der Waals surface area contributed by atoms with Gasteiger partial charge in [-0.3, -0.25) is 0 Å². The van der Waals surface area contributed by atoms with Crippen LogP contribution >= 0.6 is 0 Å². The van der Waals surface area contributed by atoms with Crippen LogP contribution in [0.3, 0.4) is 0 Å². The molecule has 2 aliphatic heterocycles. The van der Waals surface area contributed by atoms with Crippen LogP contribution in [0.2, 0.25) is 0 Å². The van der Waals surface area contributed by atoms with E-state index in [1.54, 1.807) is 0 Å². The summed E-state index contributed by atoms with van der Waals surface area (Å²) in [5.41, 5.74) is 6.37. The van der Waals surface area contributed by atoms with Crippen LogP contribution in [0.15, 0.2) is 0 Å². The van der Waals surface area contributed by atoms with E-state index in [1.165, 1.54) is 25.9 Å². The minimum Gasteiger partial charge on any atom is -0.381 e. The maximum absolute atomic E-state index is 6.05. The van der Waals surface area contributed by atoms with Crippen molar-refractivity contribution in [1.82, 2.24) is 4.90 Å². The molecule has 2 fully saturated rings. The Morgan fingerprint density at radius 2 is 2.00 bits per heavy atom. The van der Waals surface area contributed by atoms with Gasteiger partial charge in [-0.15, -0.1) is 0 Å². The Hall–Kier alpha value is -0.120. The van der Waals surface area contributed by atoms with Crippen LogP contribution < -0.4 is 5.73 Å². The van der Waals surface area contributed by atoms with Crippen molar-refractivity contribution >= 4 is 0 Å². The van der Waals surface area contributed by atoms with E-state index in [0.29, 0.717) is 5.41 Å². The highest BCUT2D eigenvalue weighted by Crippen LogP contribution is 2.33. The number of nitrogens with two attached hydrogens (primary N) is 1. The number of nitrogens with zero attached hydrogens (tertiary/aromatic N) is 1. The highest BCUT2D eigenvalue weighted by Gasteiger charge is 2.35. The van der Waals surface area contributed by atoms with Gasteiger partial charge in [0, 0.05) is 25.8 Å². The van der Waals surface area contributed by atoms with Crippen LogP contribution in [0.1, 0.15) is 39.5 Å². The molecule has 0 bridgehead atoms. The summed E-state index contributed by atoms with van der Waals surface area (Å²) in [6.45, 7) is 9.80. The summed E-state index contributed by atoms with van der Waals surface area (Å²) in [6, 6.07) is 0.727. The molecule has 2 heterocycles. The van der Waals surface area contributed by atoms with Gasteiger partial charge in [-0.1, -0.05) is 6.92 Å². The second kappa shape index (κ2) is 5.68. The molecule has 0 aromatic carbocycles. The van der Waals surface area contributed by atoms with Gasteiger partial charge >= 0.3 is 0 Å². The molecule has 0 saturated carbocycles. The molecule has 2 rings (SSSR count). The average molecular weight is 240 g/mol. The SMILES string of the molecule is CC1CCN(CC2(CN)CCOCC2)C(C)C1. The summed E-state index contributed by atoms with van der Waals surface area (Å²) in [4.78, 5) is 2.66. The minimum absolute atomic E-state index is 0.326. The van der Waals surface area contributed by atoms with Crippen molar-refractivity contribution in [3.63, 3.8) is 0 Å². The monoisotopic (exact) mass is 240 g/mol. The van der Waals surface area contributed by atoms with Crippen molar-refractivity contribution in [2.45, 2.75) is 45.6 Å². The number of hydrogen-bond acceptors (Lipinski definition) is 3. The van der Waals surface area contributed by atoms with Gasteiger partial charge < -0.3 is 15.4 Å². The molecule has 0 spiro atoms.